The molecule has 1 saturated carbocycles. The summed E-state index contributed by atoms with van der Waals surface area (Å²) in [5.41, 5.74) is 0.783. The Morgan fingerprint density at radius 2 is 2.00 bits per heavy atom. The van der Waals surface area contributed by atoms with Gasteiger partial charge in [-0.3, -0.25) is 9.59 Å². The molecule has 1 aromatic carbocycles. The lowest BCUT2D eigenvalue weighted by atomic mass is 9.91. The van der Waals surface area contributed by atoms with Crippen molar-refractivity contribution >= 4 is 17.5 Å². The third-order valence-corrected chi connectivity index (χ3v) is 5.42. The lowest BCUT2D eigenvalue weighted by Crippen LogP contribution is -2.52. The Labute approximate surface area is 153 Å². The number of carbonyl (C=O) groups is 2. The van der Waals surface area contributed by atoms with Crippen molar-refractivity contribution in [3.63, 3.8) is 0 Å². The van der Waals surface area contributed by atoms with Crippen LogP contribution in [0.15, 0.2) is 35.5 Å². The van der Waals surface area contributed by atoms with Gasteiger partial charge in [-0.1, -0.05) is 35.5 Å². The molecule has 2 aliphatic heterocycles. The van der Waals surface area contributed by atoms with E-state index in [2.05, 4.69) is 10.5 Å². The van der Waals surface area contributed by atoms with Crippen LogP contribution in [0.25, 0.3) is 0 Å². The van der Waals surface area contributed by atoms with E-state index in [1.54, 1.807) is 11.8 Å². The summed E-state index contributed by atoms with van der Waals surface area (Å²) < 4.78 is 0. The molecule has 0 spiro atoms. The molecular formula is C20H25N3O3. The molecule has 2 atom stereocenters. The number of rotatable bonds is 4. The van der Waals surface area contributed by atoms with Crippen LogP contribution in [0.2, 0.25) is 0 Å². The van der Waals surface area contributed by atoms with Crippen molar-refractivity contribution in [3.8, 4) is 0 Å². The number of hydrogen-bond acceptors (Lipinski definition) is 4. The lowest BCUT2D eigenvalue weighted by molar-refractivity contribution is -0.155. The number of nitrogens with one attached hydrogen (secondary N) is 1. The number of hydrogen-bond donors (Lipinski definition) is 1. The molecule has 3 aliphatic rings. The fourth-order valence-electron chi connectivity index (χ4n) is 3.70. The Hall–Kier alpha value is -2.37. The van der Waals surface area contributed by atoms with Crippen LogP contribution in [0.4, 0.5) is 0 Å². The van der Waals surface area contributed by atoms with Crippen molar-refractivity contribution < 1.29 is 14.4 Å². The summed E-state index contributed by atoms with van der Waals surface area (Å²) in [4.78, 5) is 32.8. The van der Waals surface area contributed by atoms with E-state index in [1.165, 1.54) is 0 Å². The van der Waals surface area contributed by atoms with Gasteiger partial charge in [-0.15, -0.1) is 0 Å². The normalized spacial score (nSPS) is 28.3. The van der Waals surface area contributed by atoms with E-state index >= 15 is 0 Å². The molecule has 2 amide bonds. The molecular weight excluding hydrogens is 330 g/mol. The Bertz CT molecular complexity index is 729. The van der Waals surface area contributed by atoms with Crippen LogP contribution in [0.3, 0.4) is 0 Å². The summed E-state index contributed by atoms with van der Waals surface area (Å²) in [6, 6.07) is 10.1. The maximum atomic E-state index is 13.1. The Morgan fingerprint density at radius 1 is 1.23 bits per heavy atom. The third-order valence-electron chi connectivity index (χ3n) is 5.42. The summed E-state index contributed by atoms with van der Waals surface area (Å²) in [6.45, 7) is 2.94. The molecule has 2 fully saturated rings. The van der Waals surface area contributed by atoms with Crippen molar-refractivity contribution in [2.75, 3.05) is 13.1 Å². The van der Waals surface area contributed by atoms with Crippen LogP contribution in [-0.4, -0.2) is 47.2 Å². The molecule has 1 N–H and O–H groups in total. The van der Waals surface area contributed by atoms with Gasteiger partial charge in [0, 0.05) is 25.6 Å². The number of oxime groups is 1. The van der Waals surface area contributed by atoms with Gasteiger partial charge in [0.25, 0.3) is 5.91 Å². The minimum absolute atomic E-state index is 0.0731. The summed E-state index contributed by atoms with van der Waals surface area (Å²) in [5, 5.41) is 7.23. The average molecular weight is 355 g/mol. The zero-order valence-electron chi connectivity index (χ0n) is 15.1. The van der Waals surface area contributed by atoms with Gasteiger partial charge in [-0.25, -0.2) is 0 Å². The van der Waals surface area contributed by atoms with Gasteiger partial charge < -0.3 is 15.1 Å². The fourth-order valence-corrected chi connectivity index (χ4v) is 3.70. The van der Waals surface area contributed by atoms with Gasteiger partial charge in [0.15, 0.2) is 0 Å². The van der Waals surface area contributed by atoms with Gasteiger partial charge in [0.05, 0.1) is 11.6 Å². The van der Waals surface area contributed by atoms with Crippen molar-refractivity contribution in [2.24, 2.45) is 11.1 Å². The topological polar surface area (TPSA) is 71.0 Å². The number of likely N-dealkylation sites (tertiary alicyclic amines) is 1. The van der Waals surface area contributed by atoms with Gasteiger partial charge >= 0.3 is 0 Å². The molecule has 4 rings (SSSR count). The fraction of sp³-hybridized carbons (Fsp3) is 0.550. The van der Waals surface area contributed by atoms with Crippen LogP contribution < -0.4 is 5.32 Å². The summed E-state index contributed by atoms with van der Waals surface area (Å²) in [5.74, 6) is -0.104. The van der Waals surface area contributed by atoms with E-state index in [4.69, 9.17) is 4.84 Å². The molecule has 26 heavy (non-hydrogen) atoms. The Morgan fingerprint density at radius 3 is 2.73 bits per heavy atom. The quantitative estimate of drug-likeness (QED) is 0.899. The highest BCUT2D eigenvalue weighted by atomic mass is 16.7. The predicted octanol–water partition coefficient (Wildman–Crippen LogP) is 2.09. The number of nitrogens with zero attached hydrogens (tertiary/aromatic N) is 2. The summed E-state index contributed by atoms with van der Waals surface area (Å²) in [7, 11) is 0. The minimum Gasteiger partial charge on any atom is -0.379 e. The van der Waals surface area contributed by atoms with Crippen LogP contribution in [-0.2, 0) is 14.4 Å². The van der Waals surface area contributed by atoms with E-state index in [0.29, 0.717) is 25.6 Å². The number of carbonyl (C=O) groups excluding carboxylic acids is 2. The van der Waals surface area contributed by atoms with Crippen molar-refractivity contribution in [1.29, 1.82) is 0 Å². The zero-order chi connectivity index (χ0) is 18.1. The first kappa shape index (κ1) is 17.1. The molecule has 0 unspecified atom stereocenters. The highest BCUT2D eigenvalue weighted by Crippen LogP contribution is 2.30. The highest BCUT2D eigenvalue weighted by Gasteiger charge is 2.46. The van der Waals surface area contributed by atoms with Gasteiger partial charge in [-0.2, -0.15) is 0 Å². The highest BCUT2D eigenvalue weighted by molar-refractivity contribution is 6.05. The van der Waals surface area contributed by atoms with E-state index in [9.17, 15) is 9.59 Å². The second kappa shape index (κ2) is 6.74. The van der Waals surface area contributed by atoms with E-state index in [-0.39, 0.29) is 17.7 Å². The van der Waals surface area contributed by atoms with Gasteiger partial charge in [-0.05, 0) is 38.2 Å². The molecule has 0 bridgehead atoms. The standard InChI is InChI=1S/C20H25N3O3/c1-20(12-17(22-26-20)14-6-3-2-4-7-14)19(25)23-11-5-8-15(13-23)18(24)21-16-9-10-16/h2-4,6-7,15-16H,5,8-13H2,1H3,(H,21,24)/t15-,20-/m0/s1. The second-order valence-corrected chi connectivity index (χ2v) is 7.78. The van der Waals surface area contributed by atoms with E-state index in [0.717, 1.165) is 37.0 Å². The Balaban J connectivity index is 1.39. The maximum absolute atomic E-state index is 13.1. The molecule has 1 aromatic rings. The molecule has 138 valence electrons. The van der Waals surface area contributed by atoms with Crippen molar-refractivity contribution in [1.82, 2.24) is 10.2 Å². The predicted molar refractivity (Wildman–Crippen MR) is 97.6 cm³/mol. The van der Waals surface area contributed by atoms with Crippen LogP contribution in [0.1, 0.15) is 44.6 Å². The lowest BCUT2D eigenvalue weighted by Gasteiger charge is -2.35. The second-order valence-electron chi connectivity index (χ2n) is 7.78. The molecule has 6 heteroatoms. The number of piperidine rings is 1. The SMILES string of the molecule is C[C@@]1(C(=O)N2CCC[C@H](C(=O)NC3CC3)C2)CC(c2ccccc2)=NO1. The first-order chi connectivity index (χ1) is 12.5. The molecule has 6 nitrogen and oxygen atoms in total. The van der Waals surface area contributed by atoms with Crippen LogP contribution in [0.5, 0.6) is 0 Å². The molecule has 1 aliphatic carbocycles. The first-order valence-corrected chi connectivity index (χ1v) is 9.45. The number of amides is 2. The average Bonchev–Trinajstić information content (AvgIpc) is 3.40. The molecule has 0 aromatic heterocycles. The van der Waals surface area contributed by atoms with E-state index < -0.39 is 5.60 Å². The monoisotopic (exact) mass is 355 g/mol. The summed E-state index contributed by atoms with van der Waals surface area (Å²) >= 11 is 0. The smallest absolute Gasteiger partial charge is 0.269 e. The number of benzene rings is 1. The molecule has 0 radical (unpaired) electrons. The third kappa shape index (κ3) is 3.45. The zero-order valence-corrected chi connectivity index (χ0v) is 15.1. The minimum atomic E-state index is -0.986. The maximum Gasteiger partial charge on any atom is 0.269 e. The van der Waals surface area contributed by atoms with Crippen LogP contribution in [0, 0.1) is 5.92 Å². The molecule has 2 heterocycles. The molecule has 1 saturated heterocycles. The van der Waals surface area contributed by atoms with Crippen molar-refractivity contribution in [3.05, 3.63) is 35.9 Å². The Kier molecular flexibility index (Phi) is 4.42. The largest absolute Gasteiger partial charge is 0.379 e. The first-order valence-electron chi connectivity index (χ1n) is 9.45. The summed E-state index contributed by atoms with van der Waals surface area (Å²) in [6.07, 6.45) is 4.28. The van der Waals surface area contributed by atoms with Gasteiger partial charge in [0.2, 0.25) is 11.5 Å². The van der Waals surface area contributed by atoms with Crippen molar-refractivity contribution in [2.45, 2.75) is 50.7 Å². The van der Waals surface area contributed by atoms with Crippen LogP contribution >= 0.6 is 0 Å². The van der Waals surface area contributed by atoms with Gasteiger partial charge in [0.1, 0.15) is 0 Å². The van der Waals surface area contributed by atoms with E-state index in [1.807, 2.05) is 30.3 Å².